The highest BCUT2D eigenvalue weighted by molar-refractivity contribution is 5.12. The third-order valence-electron chi connectivity index (χ3n) is 4.17. The Morgan fingerprint density at radius 1 is 1.22 bits per heavy atom. The fraction of sp³-hybridized carbons (Fsp3) is 0.846. The molecular formula is C13H25N3O2. The minimum atomic E-state index is -0.517. The van der Waals surface area contributed by atoms with Crippen molar-refractivity contribution in [2.45, 2.75) is 64.5 Å². The summed E-state index contributed by atoms with van der Waals surface area (Å²) in [6.45, 7) is 11.9. The number of hydrogen-bond acceptors (Lipinski definition) is 5. The molecule has 1 atom stereocenters. The first kappa shape index (κ1) is 15.1. The molecule has 0 amide bonds. The molecule has 5 nitrogen and oxygen atoms in total. The quantitative estimate of drug-likeness (QED) is 0.874. The third kappa shape index (κ3) is 2.42. The van der Waals surface area contributed by atoms with Crippen molar-refractivity contribution in [2.75, 3.05) is 7.11 Å². The van der Waals surface area contributed by atoms with Gasteiger partial charge in [0.1, 0.15) is 5.60 Å². The molecule has 1 heterocycles. The zero-order chi connectivity index (χ0) is 14.2. The van der Waals surface area contributed by atoms with Gasteiger partial charge < -0.3 is 15.0 Å². The summed E-state index contributed by atoms with van der Waals surface area (Å²) in [7, 11) is 1.65. The van der Waals surface area contributed by atoms with Gasteiger partial charge in [-0.15, -0.1) is 0 Å². The zero-order valence-electron chi connectivity index (χ0n) is 12.5. The number of ether oxygens (including phenoxy) is 1. The average molecular weight is 255 g/mol. The van der Waals surface area contributed by atoms with Crippen LogP contribution in [-0.2, 0) is 15.8 Å². The van der Waals surface area contributed by atoms with Crippen LogP contribution in [0.1, 0.15) is 59.7 Å². The predicted octanol–water partition coefficient (Wildman–Crippen LogP) is 2.36. The number of aromatic nitrogens is 2. The van der Waals surface area contributed by atoms with Gasteiger partial charge >= 0.3 is 0 Å². The molecule has 1 aromatic rings. The zero-order valence-corrected chi connectivity index (χ0v) is 12.5. The largest absolute Gasteiger partial charge is 0.370 e. The van der Waals surface area contributed by atoms with E-state index in [0.717, 1.165) is 6.42 Å². The maximum atomic E-state index is 6.17. The van der Waals surface area contributed by atoms with Crippen molar-refractivity contribution in [1.82, 2.24) is 10.1 Å². The standard InChI is InChI=1S/C13H25N3O2/c1-8-13(6,17-7)9-15-10(18-16-9)11(2,3)12(4,5)14/h8,14H2,1-7H3. The summed E-state index contributed by atoms with van der Waals surface area (Å²) in [4.78, 5) is 4.48. The molecule has 0 saturated carbocycles. The molecule has 18 heavy (non-hydrogen) atoms. The van der Waals surface area contributed by atoms with Gasteiger partial charge in [0.15, 0.2) is 0 Å². The fourth-order valence-corrected chi connectivity index (χ4v) is 1.36. The Hall–Kier alpha value is -0.940. The smallest absolute Gasteiger partial charge is 0.234 e. The summed E-state index contributed by atoms with van der Waals surface area (Å²) < 4.78 is 10.9. The predicted molar refractivity (Wildman–Crippen MR) is 70.2 cm³/mol. The first-order chi connectivity index (χ1) is 8.08. The molecule has 0 aromatic carbocycles. The Morgan fingerprint density at radius 3 is 2.17 bits per heavy atom. The Morgan fingerprint density at radius 2 is 1.78 bits per heavy atom. The van der Waals surface area contributed by atoms with E-state index in [1.54, 1.807) is 7.11 Å². The molecule has 0 fully saturated rings. The number of methoxy groups -OCH3 is 1. The van der Waals surface area contributed by atoms with Gasteiger partial charge in [-0.1, -0.05) is 12.1 Å². The van der Waals surface area contributed by atoms with Crippen LogP contribution in [0.15, 0.2) is 4.52 Å². The fourth-order valence-electron chi connectivity index (χ4n) is 1.36. The van der Waals surface area contributed by atoms with Crippen LogP contribution >= 0.6 is 0 Å². The van der Waals surface area contributed by atoms with Crippen molar-refractivity contribution in [3.63, 3.8) is 0 Å². The van der Waals surface area contributed by atoms with Crippen LogP contribution in [0.2, 0.25) is 0 Å². The molecule has 0 aliphatic carbocycles. The normalized spacial score (nSPS) is 16.7. The molecule has 1 rings (SSSR count). The second kappa shape index (κ2) is 4.63. The summed E-state index contributed by atoms with van der Waals surface area (Å²) >= 11 is 0. The molecule has 0 aliphatic rings. The van der Waals surface area contributed by atoms with Crippen LogP contribution in [0.25, 0.3) is 0 Å². The van der Waals surface area contributed by atoms with Crippen LogP contribution in [-0.4, -0.2) is 22.8 Å². The Balaban J connectivity index is 3.15. The van der Waals surface area contributed by atoms with Crippen LogP contribution in [0, 0.1) is 0 Å². The minimum Gasteiger partial charge on any atom is -0.370 e. The molecule has 0 spiro atoms. The van der Waals surface area contributed by atoms with E-state index in [2.05, 4.69) is 10.1 Å². The maximum Gasteiger partial charge on any atom is 0.234 e. The van der Waals surface area contributed by atoms with E-state index in [0.29, 0.717) is 11.7 Å². The molecule has 1 unspecified atom stereocenters. The molecule has 2 N–H and O–H groups in total. The summed E-state index contributed by atoms with van der Waals surface area (Å²) in [5.74, 6) is 1.11. The lowest BCUT2D eigenvalue weighted by Crippen LogP contribution is -2.50. The van der Waals surface area contributed by atoms with Gasteiger partial charge in [0, 0.05) is 12.6 Å². The summed E-state index contributed by atoms with van der Waals surface area (Å²) in [5, 5.41) is 4.04. The molecule has 0 bridgehead atoms. The van der Waals surface area contributed by atoms with E-state index >= 15 is 0 Å². The van der Waals surface area contributed by atoms with E-state index < -0.39 is 16.6 Å². The molecule has 0 saturated heterocycles. The molecular weight excluding hydrogens is 230 g/mol. The van der Waals surface area contributed by atoms with Crippen LogP contribution in [0.4, 0.5) is 0 Å². The van der Waals surface area contributed by atoms with Gasteiger partial charge in [-0.3, -0.25) is 0 Å². The Kier molecular flexibility index (Phi) is 3.89. The summed E-state index contributed by atoms with van der Waals surface area (Å²) in [6.07, 6.45) is 0.773. The van der Waals surface area contributed by atoms with E-state index in [4.69, 9.17) is 15.0 Å². The van der Waals surface area contributed by atoms with Gasteiger partial charge in [-0.25, -0.2) is 0 Å². The van der Waals surface area contributed by atoms with Crippen molar-refractivity contribution in [1.29, 1.82) is 0 Å². The Labute approximate surface area is 109 Å². The van der Waals surface area contributed by atoms with Crippen molar-refractivity contribution in [3.05, 3.63) is 11.7 Å². The number of nitrogens with two attached hydrogens (primary N) is 1. The lowest BCUT2D eigenvalue weighted by Gasteiger charge is -2.34. The summed E-state index contributed by atoms with van der Waals surface area (Å²) in [5.41, 5.74) is 4.80. The highest BCUT2D eigenvalue weighted by Crippen LogP contribution is 2.34. The van der Waals surface area contributed by atoms with Crippen LogP contribution in [0.5, 0.6) is 0 Å². The Bertz CT molecular complexity index is 401. The molecule has 104 valence electrons. The summed E-state index contributed by atoms with van der Waals surface area (Å²) in [6, 6.07) is 0. The van der Waals surface area contributed by atoms with Crippen molar-refractivity contribution in [2.24, 2.45) is 5.73 Å². The number of nitrogens with zero attached hydrogens (tertiary/aromatic N) is 2. The van der Waals surface area contributed by atoms with Crippen molar-refractivity contribution >= 4 is 0 Å². The van der Waals surface area contributed by atoms with Crippen molar-refractivity contribution < 1.29 is 9.26 Å². The SMILES string of the molecule is CCC(C)(OC)c1noc(C(C)(C)C(C)(C)N)n1. The van der Waals surface area contributed by atoms with E-state index in [1.807, 2.05) is 41.5 Å². The van der Waals surface area contributed by atoms with E-state index in [9.17, 15) is 0 Å². The van der Waals surface area contributed by atoms with E-state index in [-0.39, 0.29) is 0 Å². The molecule has 0 radical (unpaired) electrons. The minimum absolute atomic E-state index is 0.402. The lowest BCUT2D eigenvalue weighted by atomic mass is 9.75. The van der Waals surface area contributed by atoms with Crippen LogP contribution in [0.3, 0.4) is 0 Å². The van der Waals surface area contributed by atoms with Gasteiger partial charge in [-0.2, -0.15) is 4.98 Å². The highest BCUT2D eigenvalue weighted by Gasteiger charge is 2.41. The van der Waals surface area contributed by atoms with Gasteiger partial charge in [0.05, 0.1) is 5.41 Å². The average Bonchev–Trinajstić information content (AvgIpc) is 2.76. The van der Waals surface area contributed by atoms with Crippen molar-refractivity contribution in [3.8, 4) is 0 Å². The number of rotatable bonds is 5. The van der Waals surface area contributed by atoms with E-state index in [1.165, 1.54) is 0 Å². The molecule has 0 aliphatic heterocycles. The molecule has 5 heteroatoms. The lowest BCUT2D eigenvalue weighted by molar-refractivity contribution is -0.0106. The highest BCUT2D eigenvalue weighted by atomic mass is 16.5. The topological polar surface area (TPSA) is 74.2 Å². The number of hydrogen-bond donors (Lipinski definition) is 1. The van der Waals surface area contributed by atoms with Gasteiger partial charge in [0.2, 0.25) is 11.7 Å². The second-order valence-corrected chi connectivity index (χ2v) is 6.06. The van der Waals surface area contributed by atoms with Crippen LogP contribution < -0.4 is 5.73 Å². The first-order valence-electron chi connectivity index (χ1n) is 6.27. The maximum absolute atomic E-state index is 6.17. The third-order valence-corrected chi connectivity index (χ3v) is 4.17. The second-order valence-electron chi connectivity index (χ2n) is 6.06. The molecule has 1 aromatic heterocycles. The van der Waals surface area contributed by atoms with Gasteiger partial charge in [-0.05, 0) is 41.0 Å². The van der Waals surface area contributed by atoms with Gasteiger partial charge in [0.25, 0.3) is 0 Å². The first-order valence-corrected chi connectivity index (χ1v) is 6.27. The monoisotopic (exact) mass is 255 g/mol.